The Bertz CT molecular complexity index is 653. The molecule has 2 fully saturated rings. The minimum Gasteiger partial charge on any atom is -0.497 e. The maximum absolute atomic E-state index is 5.40. The molecule has 168 valence electrons. The molecule has 0 radical (unpaired) electrons. The molecule has 2 heterocycles. The van der Waals surface area contributed by atoms with Crippen molar-refractivity contribution in [3.63, 3.8) is 0 Å². The average Bonchev–Trinajstić information content (AvgIpc) is 3.43. The van der Waals surface area contributed by atoms with E-state index in [2.05, 4.69) is 39.5 Å². The van der Waals surface area contributed by atoms with Crippen molar-refractivity contribution in [1.29, 1.82) is 0 Å². The highest BCUT2D eigenvalue weighted by atomic mass is 16.5. The van der Waals surface area contributed by atoms with E-state index in [0.29, 0.717) is 6.04 Å². The molecule has 7 nitrogen and oxygen atoms in total. The van der Waals surface area contributed by atoms with Gasteiger partial charge in [-0.25, -0.2) is 0 Å². The fourth-order valence-electron chi connectivity index (χ4n) is 4.31. The van der Waals surface area contributed by atoms with Crippen LogP contribution >= 0.6 is 0 Å². The molecule has 0 aliphatic carbocycles. The Morgan fingerprint density at radius 1 is 1.07 bits per heavy atom. The Labute approximate surface area is 181 Å². The lowest BCUT2D eigenvalue weighted by atomic mass is 10.2. The van der Waals surface area contributed by atoms with Crippen molar-refractivity contribution >= 4 is 5.96 Å². The highest BCUT2D eigenvalue weighted by Crippen LogP contribution is 2.24. The molecule has 2 N–H and O–H groups in total. The van der Waals surface area contributed by atoms with Crippen LogP contribution < -0.4 is 20.1 Å². The van der Waals surface area contributed by atoms with Gasteiger partial charge in [-0.05, 0) is 69.9 Å². The smallest absolute Gasteiger partial charge is 0.191 e. The predicted octanol–water partition coefficient (Wildman–Crippen LogP) is 2.32. The first-order valence-corrected chi connectivity index (χ1v) is 11.4. The summed E-state index contributed by atoms with van der Waals surface area (Å²) in [6.07, 6.45) is 4.96. The quantitative estimate of drug-likeness (QED) is 0.346. The van der Waals surface area contributed by atoms with Crippen molar-refractivity contribution in [3.05, 3.63) is 23.8 Å². The first-order chi connectivity index (χ1) is 14.7. The van der Waals surface area contributed by atoms with Crippen LogP contribution in [0.25, 0.3) is 0 Å². The van der Waals surface area contributed by atoms with Gasteiger partial charge in [0.25, 0.3) is 0 Å². The molecular formula is C23H39N5O2. The summed E-state index contributed by atoms with van der Waals surface area (Å²) in [5, 5.41) is 7.05. The number of benzene rings is 1. The number of nitrogens with one attached hydrogen (secondary N) is 2. The first-order valence-electron chi connectivity index (χ1n) is 11.4. The van der Waals surface area contributed by atoms with E-state index in [9.17, 15) is 0 Å². The highest BCUT2D eigenvalue weighted by molar-refractivity contribution is 5.80. The molecule has 2 aliphatic rings. The summed E-state index contributed by atoms with van der Waals surface area (Å²) in [5.41, 5.74) is 1.22. The molecule has 0 bridgehead atoms. The maximum Gasteiger partial charge on any atom is 0.191 e. The van der Waals surface area contributed by atoms with E-state index < -0.39 is 0 Å². The Morgan fingerprint density at radius 3 is 2.47 bits per heavy atom. The minimum absolute atomic E-state index is 0.425. The van der Waals surface area contributed by atoms with Crippen LogP contribution in [0.5, 0.6) is 11.5 Å². The number of guanidine groups is 1. The van der Waals surface area contributed by atoms with Crippen molar-refractivity contribution < 1.29 is 9.47 Å². The number of hydrogen-bond acceptors (Lipinski definition) is 5. The molecule has 0 aromatic heterocycles. The second-order valence-electron chi connectivity index (χ2n) is 8.25. The van der Waals surface area contributed by atoms with Crippen molar-refractivity contribution in [2.75, 3.05) is 60.0 Å². The third-order valence-electron chi connectivity index (χ3n) is 5.88. The molecule has 7 heteroatoms. The van der Waals surface area contributed by atoms with E-state index in [1.54, 1.807) is 14.2 Å². The van der Waals surface area contributed by atoms with Gasteiger partial charge in [-0.15, -0.1) is 0 Å². The summed E-state index contributed by atoms with van der Waals surface area (Å²) in [4.78, 5) is 9.84. The molecule has 0 saturated carbocycles. The van der Waals surface area contributed by atoms with Crippen LogP contribution in [-0.4, -0.2) is 81.8 Å². The van der Waals surface area contributed by atoms with Crippen molar-refractivity contribution in [3.8, 4) is 11.5 Å². The zero-order valence-corrected chi connectivity index (χ0v) is 19.0. The Hall–Kier alpha value is -1.99. The Morgan fingerprint density at radius 2 is 1.80 bits per heavy atom. The molecule has 30 heavy (non-hydrogen) atoms. The molecule has 1 unspecified atom stereocenters. The zero-order chi connectivity index (χ0) is 21.2. The average molecular weight is 418 g/mol. The number of likely N-dealkylation sites (tertiary alicyclic amines) is 2. The fourth-order valence-corrected chi connectivity index (χ4v) is 4.31. The molecular weight excluding hydrogens is 378 g/mol. The van der Waals surface area contributed by atoms with E-state index in [-0.39, 0.29) is 0 Å². The van der Waals surface area contributed by atoms with Gasteiger partial charge in [-0.2, -0.15) is 0 Å². The summed E-state index contributed by atoms with van der Waals surface area (Å²) < 4.78 is 10.8. The van der Waals surface area contributed by atoms with Gasteiger partial charge in [0.1, 0.15) is 11.5 Å². The third kappa shape index (κ3) is 7.06. The van der Waals surface area contributed by atoms with Crippen LogP contribution in [0.2, 0.25) is 0 Å². The molecule has 0 amide bonds. The monoisotopic (exact) mass is 417 g/mol. The predicted molar refractivity (Wildman–Crippen MR) is 123 cm³/mol. The lowest BCUT2D eigenvalue weighted by molar-refractivity contribution is 0.321. The molecule has 2 aliphatic heterocycles. The standard InChI is InChI=1S/C23H39N5O2/c1-4-24-23(25-9-7-12-27-10-5-6-11-27)26-20-8-13-28(18-20)17-19-14-21(29-2)16-22(15-19)30-3/h14-16,20H,4-13,17-18H2,1-3H3,(H2,24,25,26). The zero-order valence-electron chi connectivity index (χ0n) is 19.0. The summed E-state index contributed by atoms with van der Waals surface area (Å²) >= 11 is 0. The van der Waals surface area contributed by atoms with Gasteiger partial charge in [0.05, 0.1) is 14.2 Å². The summed E-state index contributed by atoms with van der Waals surface area (Å²) in [5.74, 6) is 2.64. The molecule has 3 rings (SSSR count). The van der Waals surface area contributed by atoms with E-state index in [0.717, 1.165) is 63.0 Å². The van der Waals surface area contributed by atoms with Crippen LogP contribution in [-0.2, 0) is 6.54 Å². The summed E-state index contributed by atoms with van der Waals surface area (Å²) in [6.45, 7) is 10.6. The number of nitrogens with zero attached hydrogens (tertiary/aromatic N) is 3. The van der Waals surface area contributed by atoms with E-state index in [4.69, 9.17) is 14.5 Å². The number of rotatable bonds is 10. The van der Waals surface area contributed by atoms with Crippen LogP contribution in [0, 0.1) is 0 Å². The highest BCUT2D eigenvalue weighted by Gasteiger charge is 2.23. The second-order valence-corrected chi connectivity index (χ2v) is 8.25. The molecule has 1 atom stereocenters. The Kier molecular flexibility index (Phi) is 9.08. The van der Waals surface area contributed by atoms with E-state index in [1.165, 1.54) is 38.0 Å². The van der Waals surface area contributed by atoms with Gasteiger partial charge in [-0.3, -0.25) is 9.89 Å². The third-order valence-corrected chi connectivity index (χ3v) is 5.88. The van der Waals surface area contributed by atoms with Crippen molar-refractivity contribution in [2.24, 2.45) is 4.99 Å². The van der Waals surface area contributed by atoms with Crippen LogP contribution in [0.15, 0.2) is 23.2 Å². The van der Waals surface area contributed by atoms with Crippen LogP contribution in [0.1, 0.15) is 38.2 Å². The Balaban J connectivity index is 1.46. The molecule has 1 aromatic rings. The molecule has 0 spiro atoms. The van der Waals surface area contributed by atoms with E-state index in [1.807, 2.05) is 6.07 Å². The van der Waals surface area contributed by atoms with Crippen molar-refractivity contribution in [2.45, 2.75) is 45.2 Å². The van der Waals surface area contributed by atoms with E-state index >= 15 is 0 Å². The fraction of sp³-hybridized carbons (Fsp3) is 0.696. The van der Waals surface area contributed by atoms with Gasteiger partial charge < -0.3 is 25.0 Å². The summed E-state index contributed by atoms with van der Waals surface area (Å²) in [7, 11) is 3.39. The normalized spacial score (nSPS) is 20.5. The van der Waals surface area contributed by atoms with Gasteiger partial charge in [0.2, 0.25) is 0 Å². The minimum atomic E-state index is 0.425. The number of ether oxygens (including phenoxy) is 2. The summed E-state index contributed by atoms with van der Waals surface area (Å²) in [6, 6.07) is 6.53. The maximum atomic E-state index is 5.40. The SMILES string of the molecule is CCNC(=NCCCN1CCCC1)NC1CCN(Cc2cc(OC)cc(OC)c2)C1. The van der Waals surface area contributed by atoms with Gasteiger partial charge in [0.15, 0.2) is 5.96 Å². The lowest BCUT2D eigenvalue weighted by Gasteiger charge is -2.19. The van der Waals surface area contributed by atoms with Gasteiger partial charge in [-0.1, -0.05) is 0 Å². The lowest BCUT2D eigenvalue weighted by Crippen LogP contribution is -2.44. The topological polar surface area (TPSA) is 61.4 Å². The van der Waals surface area contributed by atoms with Crippen molar-refractivity contribution in [1.82, 2.24) is 20.4 Å². The number of aliphatic imine (C=N–C) groups is 1. The van der Waals surface area contributed by atoms with Gasteiger partial charge in [0, 0.05) is 44.8 Å². The van der Waals surface area contributed by atoms with Crippen LogP contribution in [0.4, 0.5) is 0 Å². The number of methoxy groups -OCH3 is 2. The first kappa shape index (κ1) is 22.7. The molecule has 2 saturated heterocycles. The van der Waals surface area contributed by atoms with Gasteiger partial charge >= 0.3 is 0 Å². The van der Waals surface area contributed by atoms with Crippen LogP contribution in [0.3, 0.4) is 0 Å². The second kappa shape index (κ2) is 12.0. The number of hydrogen-bond donors (Lipinski definition) is 2. The molecule has 1 aromatic carbocycles. The largest absolute Gasteiger partial charge is 0.497 e.